The van der Waals surface area contributed by atoms with Gasteiger partial charge in [-0.15, -0.1) is 11.4 Å². The van der Waals surface area contributed by atoms with Crippen LogP contribution < -0.4 is 10.5 Å². The Kier molecular flexibility index (Phi) is 9.54. The number of halogens is 2. The Labute approximate surface area is 216 Å². The average molecular weight is 533 g/mol. The summed E-state index contributed by atoms with van der Waals surface area (Å²) < 4.78 is 20.7. The molecule has 2 aromatic carbocycles. The lowest BCUT2D eigenvalue weighted by Crippen LogP contribution is -2.22. The normalized spacial score (nSPS) is 12.4. The lowest BCUT2D eigenvalue weighted by molar-refractivity contribution is -0.116. The molecule has 0 atom stereocenters. The number of thiol groups is 1. The van der Waals surface area contributed by atoms with Gasteiger partial charge in [0.25, 0.3) is 0 Å². The third-order valence-electron chi connectivity index (χ3n) is 5.15. The molecule has 11 heteroatoms. The van der Waals surface area contributed by atoms with E-state index in [0.29, 0.717) is 39.2 Å². The highest BCUT2D eigenvalue weighted by Gasteiger charge is 2.17. The van der Waals surface area contributed by atoms with Crippen LogP contribution in [-0.4, -0.2) is 43.1 Å². The van der Waals surface area contributed by atoms with Crippen molar-refractivity contribution in [3.8, 4) is 11.5 Å². The maximum absolute atomic E-state index is 14.9. The van der Waals surface area contributed by atoms with Gasteiger partial charge in [-0.2, -0.15) is 0 Å². The van der Waals surface area contributed by atoms with Crippen LogP contribution in [0.15, 0.2) is 59.3 Å². The molecule has 1 aromatic heterocycles. The predicted octanol–water partition coefficient (Wildman–Crippen LogP) is 4.73. The second-order valence-electron chi connectivity index (χ2n) is 7.67. The topological polar surface area (TPSA) is 122 Å². The summed E-state index contributed by atoms with van der Waals surface area (Å²) in [6.07, 6.45) is 2.27. The maximum atomic E-state index is 14.9. The molecule has 0 fully saturated rings. The Balaban J connectivity index is 2.00. The minimum Gasteiger partial charge on any atom is -0.456 e. The summed E-state index contributed by atoms with van der Waals surface area (Å²) in [4.78, 5) is 22.0. The van der Waals surface area contributed by atoms with Gasteiger partial charge in [0, 0.05) is 40.4 Å². The van der Waals surface area contributed by atoms with Gasteiger partial charge in [0.05, 0.1) is 12.1 Å². The fraction of sp³-hybridized carbons (Fsp3) is 0.200. The molecule has 1 heterocycles. The number of amides is 1. The van der Waals surface area contributed by atoms with Gasteiger partial charge in [-0.3, -0.25) is 4.79 Å². The SMILES string of the molecule is C/C(=C(CCO)/[SH]=C(\O)c1c(F)cccc1Oc1cccc(Cl)c1)N(C=O)Cc1cnc(C)nc1N. The molecule has 0 bridgehead atoms. The van der Waals surface area contributed by atoms with Gasteiger partial charge in [-0.1, -0.05) is 23.7 Å². The monoisotopic (exact) mass is 532 g/mol. The summed E-state index contributed by atoms with van der Waals surface area (Å²) in [6, 6.07) is 10.8. The van der Waals surface area contributed by atoms with Gasteiger partial charge in [-0.25, -0.2) is 14.4 Å². The molecule has 4 N–H and O–H groups in total. The van der Waals surface area contributed by atoms with Crippen LogP contribution in [0.2, 0.25) is 5.02 Å². The van der Waals surface area contributed by atoms with Crippen molar-refractivity contribution in [3.63, 3.8) is 0 Å². The van der Waals surface area contributed by atoms with E-state index in [1.807, 2.05) is 0 Å². The van der Waals surface area contributed by atoms with Crippen molar-refractivity contribution in [1.82, 2.24) is 14.9 Å². The fourth-order valence-corrected chi connectivity index (χ4v) is 4.56. The number of nitrogen functional groups attached to an aromatic ring is 1. The quantitative estimate of drug-likeness (QED) is 0.169. The molecule has 0 radical (unpaired) electrons. The standard InChI is InChI=1S/C25H26ClFN4O4S/c1-15(31(14-33)13-17-12-29-16(2)30-24(17)28)22(9-10-32)36-25(34)23-20(27)7-4-8-21(23)35-19-6-3-5-18(26)11-19/h3-8,11-12,14,32,34,36H,9-10,13H2,1-2H3,(H2,28,29,30)/b22-15-. The number of rotatable bonds is 10. The molecule has 0 saturated carbocycles. The number of aliphatic hydroxyl groups excluding tert-OH is 2. The summed E-state index contributed by atoms with van der Waals surface area (Å²) >= 11 is 6.20. The predicted molar refractivity (Wildman–Crippen MR) is 141 cm³/mol. The van der Waals surface area contributed by atoms with E-state index >= 15 is 0 Å². The molecular formula is C25H26ClFN4O4S. The largest absolute Gasteiger partial charge is 0.456 e. The average Bonchev–Trinajstić information content (AvgIpc) is 2.83. The summed E-state index contributed by atoms with van der Waals surface area (Å²) in [5.74, 6) is 0.497. The Morgan fingerprint density at radius 1 is 1.31 bits per heavy atom. The number of allylic oxidation sites excluding steroid dienone is 1. The van der Waals surface area contributed by atoms with E-state index < -0.39 is 5.82 Å². The number of nitrogens with zero attached hydrogens (tertiary/aromatic N) is 3. The van der Waals surface area contributed by atoms with Crippen LogP contribution >= 0.6 is 23.0 Å². The van der Waals surface area contributed by atoms with Gasteiger partial charge in [-0.05, 0) is 44.2 Å². The van der Waals surface area contributed by atoms with Crippen molar-refractivity contribution in [2.75, 3.05) is 12.3 Å². The maximum Gasteiger partial charge on any atom is 0.214 e. The highest BCUT2D eigenvalue weighted by molar-refractivity contribution is 8.02. The zero-order chi connectivity index (χ0) is 26.2. The van der Waals surface area contributed by atoms with E-state index in [4.69, 9.17) is 22.1 Å². The van der Waals surface area contributed by atoms with Gasteiger partial charge >= 0.3 is 0 Å². The third-order valence-corrected chi connectivity index (χ3v) is 6.63. The van der Waals surface area contributed by atoms with Crippen LogP contribution in [0.1, 0.15) is 30.3 Å². The van der Waals surface area contributed by atoms with Gasteiger partial charge in [0.1, 0.15) is 34.0 Å². The lowest BCUT2D eigenvalue weighted by Gasteiger charge is -2.22. The summed E-state index contributed by atoms with van der Waals surface area (Å²) in [5, 5.41) is 20.7. The van der Waals surface area contributed by atoms with Gasteiger partial charge < -0.3 is 25.6 Å². The van der Waals surface area contributed by atoms with E-state index in [1.165, 1.54) is 29.3 Å². The van der Waals surface area contributed by atoms with Crippen molar-refractivity contribution >= 4 is 40.2 Å². The molecule has 8 nitrogen and oxygen atoms in total. The third kappa shape index (κ3) is 6.88. The molecular weight excluding hydrogens is 507 g/mol. The number of aromatic nitrogens is 2. The first kappa shape index (κ1) is 27.3. The Morgan fingerprint density at radius 3 is 2.72 bits per heavy atom. The second kappa shape index (κ2) is 12.6. The van der Waals surface area contributed by atoms with E-state index in [0.717, 1.165) is 0 Å². The zero-order valence-electron chi connectivity index (χ0n) is 19.7. The second-order valence-corrected chi connectivity index (χ2v) is 9.30. The molecule has 1 amide bonds. The summed E-state index contributed by atoms with van der Waals surface area (Å²) in [5.41, 5.74) is 6.81. The van der Waals surface area contributed by atoms with Crippen LogP contribution in [0.5, 0.6) is 11.5 Å². The number of hydrogen-bond acceptors (Lipinski definition) is 6. The number of hydrogen-bond donors (Lipinski definition) is 4. The minimum atomic E-state index is -0.697. The smallest absolute Gasteiger partial charge is 0.214 e. The number of nitrogens with two attached hydrogens (primary N) is 1. The highest BCUT2D eigenvalue weighted by Crippen LogP contribution is 2.31. The van der Waals surface area contributed by atoms with Crippen molar-refractivity contribution in [3.05, 3.63) is 87.1 Å². The lowest BCUT2D eigenvalue weighted by atomic mass is 10.2. The molecule has 0 saturated heterocycles. The van der Waals surface area contributed by atoms with Crippen molar-refractivity contribution in [2.24, 2.45) is 0 Å². The number of anilines is 1. The van der Waals surface area contributed by atoms with E-state index in [-0.39, 0.29) is 53.1 Å². The molecule has 36 heavy (non-hydrogen) atoms. The Hall–Kier alpha value is -3.31. The van der Waals surface area contributed by atoms with Crippen LogP contribution in [0.4, 0.5) is 10.2 Å². The van der Waals surface area contributed by atoms with E-state index in [1.54, 1.807) is 38.1 Å². The molecule has 0 aliphatic rings. The first-order chi connectivity index (χ1) is 17.2. The van der Waals surface area contributed by atoms with Crippen molar-refractivity contribution < 1.29 is 24.1 Å². The van der Waals surface area contributed by atoms with E-state index in [2.05, 4.69) is 9.97 Å². The number of aliphatic hydroxyl groups is 2. The summed E-state index contributed by atoms with van der Waals surface area (Å²) in [7, 11) is 0. The molecule has 0 spiro atoms. The first-order valence-electron chi connectivity index (χ1n) is 10.8. The molecule has 0 aliphatic carbocycles. The zero-order valence-corrected chi connectivity index (χ0v) is 21.3. The Morgan fingerprint density at radius 2 is 2.06 bits per heavy atom. The fourth-order valence-electron chi connectivity index (χ4n) is 3.29. The Bertz CT molecular complexity index is 1320. The number of benzene rings is 2. The highest BCUT2D eigenvalue weighted by atomic mass is 35.5. The van der Waals surface area contributed by atoms with Crippen LogP contribution in [0, 0.1) is 12.7 Å². The van der Waals surface area contributed by atoms with E-state index in [9.17, 15) is 19.4 Å². The van der Waals surface area contributed by atoms with Crippen LogP contribution in [0.25, 0.3) is 0 Å². The van der Waals surface area contributed by atoms with Crippen LogP contribution in [0.3, 0.4) is 0 Å². The number of carbonyl (C=O) groups is 1. The number of aryl methyl sites for hydroxylation is 1. The minimum absolute atomic E-state index is 0.0789. The number of ether oxygens (including phenoxy) is 1. The molecule has 190 valence electrons. The van der Waals surface area contributed by atoms with Crippen molar-refractivity contribution in [1.29, 1.82) is 0 Å². The molecule has 3 rings (SSSR count). The summed E-state index contributed by atoms with van der Waals surface area (Å²) in [6.45, 7) is 3.19. The van der Waals surface area contributed by atoms with Crippen molar-refractivity contribution in [2.45, 2.75) is 26.8 Å². The first-order valence-corrected chi connectivity index (χ1v) is 12.1. The van der Waals surface area contributed by atoms with Crippen LogP contribution in [-0.2, 0) is 11.3 Å². The van der Waals surface area contributed by atoms with Gasteiger partial charge in [0.2, 0.25) is 6.41 Å². The number of carbonyl (C=O) groups excluding carboxylic acids is 1. The molecule has 3 aromatic rings. The van der Waals surface area contributed by atoms with Gasteiger partial charge in [0.15, 0.2) is 0 Å². The molecule has 0 aliphatic heterocycles. The molecule has 0 unspecified atom stereocenters.